The summed E-state index contributed by atoms with van der Waals surface area (Å²) in [6, 6.07) is 0. The average Bonchev–Trinajstić information content (AvgIpc) is 3.02. The molecule has 6 nitrogen and oxygen atoms in total. The first kappa shape index (κ1) is 9.19. The molecule has 15 heavy (non-hydrogen) atoms. The molecule has 2 aromatic heterocycles. The maximum atomic E-state index is 4.37. The van der Waals surface area contributed by atoms with Crippen LogP contribution >= 0.6 is 34.8 Å². The minimum Gasteiger partial charge on any atom is -0.234 e. The fourth-order valence-electron chi connectivity index (χ4n) is 1.05. The van der Waals surface area contributed by atoms with Gasteiger partial charge in [0.1, 0.15) is 5.51 Å². The Balaban J connectivity index is 1.87. The lowest BCUT2D eigenvalue weighted by Crippen LogP contribution is -2.10. The number of thioether (sulfide) groups is 1. The summed E-state index contributed by atoms with van der Waals surface area (Å²) >= 11 is 4.24. The zero-order chi connectivity index (χ0) is 10.1. The molecule has 76 valence electrons. The second kappa shape index (κ2) is 3.83. The topological polar surface area (TPSA) is 67.2 Å². The van der Waals surface area contributed by atoms with Gasteiger partial charge >= 0.3 is 0 Å². The zero-order valence-electron chi connectivity index (χ0n) is 7.27. The van der Waals surface area contributed by atoms with Gasteiger partial charge in [0.2, 0.25) is 0 Å². The van der Waals surface area contributed by atoms with E-state index in [0.29, 0.717) is 5.82 Å². The third-order valence-electron chi connectivity index (χ3n) is 1.70. The van der Waals surface area contributed by atoms with E-state index >= 15 is 0 Å². The van der Waals surface area contributed by atoms with Gasteiger partial charge in [-0.3, -0.25) is 0 Å². The summed E-state index contributed by atoms with van der Waals surface area (Å²) in [6.45, 7) is 0. The summed E-state index contributed by atoms with van der Waals surface area (Å²) in [5, 5.41) is 12.8. The van der Waals surface area contributed by atoms with Crippen molar-refractivity contribution in [3.8, 4) is 0 Å². The van der Waals surface area contributed by atoms with Gasteiger partial charge in [-0.25, -0.2) is 9.99 Å². The maximum Gasteiger partial charge on any atom is 0.199 e. The predicted molar refractivity (Wildman–Crippen MR) is 61.3 cm³/mol. The van der Waals surface area contributed by atoms with E-state index in [0.717, 1.165) is 16.7 Å². The number of hydrazone groups is 1. The van der Waals surface area contributed by atoms with Gasteiger partial charge in [0.05, 0.1) is 11.3 Å². The van der Waals surface area contributed by atoms with E-state index in [1.807, 2.05) is 5.38 Å². The van der Waals surface area contributed by atoms with Gasteiger partial charge in [0.25, 0.3) is 0 Å². The van der Waals surface area contributed by atoms with E-state index in [1.165, 1.54) is 23.1 Å². The Morgan fingerprint density at radius 3 is 3.07 bits per heavy atom. The molecule has 0 fully saturated rings. The molecule has 0 spiro atoms. The van der Waals surface area contributed by atoms with E-state index in [4.69, 9.17) is 0 Å². The summed E-state index contributed by atoms with van der Waals surface area (Å²) < 4.78 is 7.93. The number of nitrogens with zero attached hydrogens (tertiary/aromatic N) is 6. The summed E-state index contributed by atoms with van der Waals surface area (Å²) in [6.07, 6.45) is 0. The largest absolute Gasteiger partial charge is 0.234 e. The second-order valence-electron chi connectivity index (χ2n) is 2.60. The summed E-state index contributed by atoms with van der Waals surface area (Å²) in [7, 11) is 0. The van der Waals surface area contributed by atoms with Crippen LogP contribution in [0.3, 0.4) is 0 Å². The normalized spacial score (nSPS) is 15.7. The van der Waals surface area contributed by atoms with Crippen LogP contribution in [0, 0.1) is 0 Å². The van der Waals surface area contributed by atoms with E-state index in [1.54, 1.807) is 22.3 Å². The Morgan fingerprint density at radius 1 is 1.33 bits per heavy atom. The highest BCUT2D eigenvalue weighted by Crippen LogP contribution is 2.25. The highest BCUT2D eigenvalue weighted by Gasteiger charge is 2.21. The first-order chi connectivity index (χ1) is 7.43. The summed E-state index contributed by atoms with van der Waals surface area (Å²) in [5.74, 6) is 2.20. The van der Waals surface area contributed by atoms with Crippen molar-refractivity contribution in [1.82, 2.24) is 18.9 Å². The van der Waals surface area contributed by atoms with Crippen LogP contribution in [-0.4, -0.2) is 29.9 Å². The minimum atomic E-state index is 0.690. The van der Waals surface area contributed by atoms with Crippen molar-refractivity contribution in [3.63, 3.8) is 0 Å². The van der Waals surface area contributed by atoms with Gasteiger partial charge in [0.15, 0.2) is 16.7 Å². The standard InChI is InChI=1S/C6H4N6S3/c1-4(8-11-14-1)12-3-13-6(9-12)5-7-2-15-10-5/h1-2H,3H2. The molecule has 1 aliphatic heterocycles. The number of hydrogen-bond acceptors (Lipinski definition) is 9. The molecule has 0 atom stereocenters. The van der Waals surface area contributed by atoms with Crippen LogP contribution in [0.5, 0.6) is 0 Å². The Hall–Kier alpha value is -1.06. The smallest absolute Gasteiger partial charge is 0.199 e. The molecule has 0 radical (unpaired) electrons. The van der Waals surface area contributed by atoms with Gasteiger partial charge in [0, 0.05) is 0 Å². The Morgan fingerprint density at radius 2 is 2.33 bits per heavy atom. The van der Waals surface area contributed by atoms with Crippen molar-refractivity contribution in [1.29, 1.82) is 0 Å². The molecule has 0 N–H and O–H groups in total. The van der Waals surface area contributed by atoms with Crippen LogP contribution < -0.4 is 5.01 Å². The van der Waals surface area contributed by atoms with Gasteiger partial charge < -0.3 is 0 Å². The zero-order valence-corrected chi connectivity index (χ0v) is 9.72. The number of aromatic nitrogens is 4. The lowest BCUT2D eigenvalue weighted by Gasteiger charge is -2.05. The number of anilines is 1. The molecular weight excluding hydrogens is 252 g/mol. The fraction of sp³-hybridized carbons (Fsp3) is 0.167. The highest BCUT2D eigenvalue weighted by atomic mass is 32.2. The molecule has 0 aromatic carbocycles. The summed E-state index contributed by atoms with van der Waals surface area (Å²) in [4.78, 5) is 4.11. The van der Waals surface area contributed by atoms with Crippen molar-refractivity contribution in [3.05, 3.63) is 16.7 Å². The van der Waals surface area contributed by atoms with Gasteiger partial charge in [-0.1, -0.05) is 16.3 Å². The monoisotopic (exact) mass is 256 g/mol. The lowest BCUT2D eigenvalue weighted by atomic mass is 10.7. The van der Waals surface area contributed by atoms with E-state index < -0.39 is 0 Å². The third-order valence-corrected chi connectivity index (χ3v) is 3.58. The molecule has 0 saturated carbocycles. The van der Waals surface area contributed by atoms with Crippen LogP contribution in [-0.2, 0) is 0 Å². The molecular formula is C6H4N6S3. The molecule has 0 aliphatic carbocycles. The van der Waals surface area contributed by atoms with Crippen LogP contribution in [0.4, 0.5) is 5.82 Å². The van der Waals surface area contributed by atoms with Crippen molar-refractivity contribution in [2.75, 3.05) is 10.9 Å². The third kappa shape index (κ3) is 1.73. The van der Waals surface area contributed by atoms with Gasteiger partial charge in [-0.05, 0) is 23.1 Å². The van der Waals surface area contributed by atoms with Crippen molar-refractivity contribution < 1.29 is 0 Å². The van der Waals surface area contributed by atoms with Crippen molar-refractivity contribution >= 4 is 45.7 Å². The second-order valence-corrected chi connectivity index (χ2v) is 4.74. The van der Waals surface area contributed by atoms with Gasteiger partial charge in [-0.15, -0.1) is 5.10 Å². The molecule has 3 heterocycles. The van der Waals surface area contributed by atoms with Crippen LogP contribution in [0.15, 0.2) is 16.0 Å². The summed E-state index contributed by atoms with van der Waals surface area (Å²) in [5.41, 5.74) is 1.70. The van der Waals surface area contributed by atoms with Crippen molar-refractivity contribution in [2.24, 2.45) is 5.10 Å². The fourth-order valence-corrected chi connectivity index (χ4v) is 2.80. The number of rotatable bonds is 2. The minimum absolute atomic E-state index is 0.690. The first-order valence-electron chi connectivity index (χ1n) is 3.96. The Labute approximate surface area is 97.4 Å². The molecule has 0 bridgehead atoms. The molecule has 2 aromatic rings. The molecule has 3 rings (SSSR count). The molecule has 9 heteroatoms. The average molecular weight is 256 g/mol. The number of hydrogen-bond donors (Lipinski definition) is 0. The van der Waals surface area contributed by atoms with E-state index in [9.17, 15) is 0 Å². The van der Waals surface area contributed by atoms with Crippen LogP contribution in [0.25, 0.3) is 0 Å². The molecule has 0 unspecified atom stereocenters. The van der Waals surface area contributed by atoms with E-state index in [2.05, 4.69) is 24.0 Å². The first-order valence-corrected chi connectivity index (χ1v) is 6.62. The highest BCUT2D eigenvalue weighted by molar-refractivity contribution is 8.14. The quantitative estimate of drug-likeness (QED) is 0.806. The molecule has 1 aliphatic rings. The molecule has 0 amide bonds. The van der Waals surface area contributed by atoms with Crippen molar-refractivity contribution in [2.45, 2.75) is 0 Å². The lowest BCUT2D eigenvalue weighted by molar-refractivity contribution is 0.952. The predicted octanol–water partition coefficient (Wildman–Crippen LogP) is 1.26. The van der Waals surface area contributed by atoms with Gasteiger partial charge in [-0.2, -0.15) is 9.47 Å². The van der Waals surface area contributed by atoms with Crippen LogP contribution in [0.2, 0.25) is 0 Å². The SMILES string of the molecule is c1nc(C2=NN(c3csnn3)CS2)ns1. The molecule has 0 saturated heterocycles. The maximum absolute atomic E-state index is 4.37. The Bertz CT molecular complexity index is 463. The van der Waals surface area contributed by atoms with Crippen LogP contribution in [0.1, 0.15) is 5.82 Å². The Kier molecular flexibility index (Phi) is 2.35. The van der Waals surface area contributed by atoms with E-state index in [-0.39, 0.29) is 0 Å².